The summed E-state index contributed by atoms with van der Waals surface area (Å²) in [6, 6.07) is 5.03. The molecule has 1 rings (SSSR count). The Kier molecular flexibility index (Phi) is 9.44. The van der Waals surface area contributed by atoms with Gasteiger partial charge in [0.05, 0.1) is 6.10 Å². The minimum atomic E-state index is -1.15. The second-order valence-electron chi connectivity index (χ2n) is 7.22. The van der Waals surface area contributed by atoms with Crippen molar-refractivity contribution in [1.29, 1.82) is 0 Å². The number of rotatable bonds is 12. The van der Waals surface area contributed by atoms with E-state index >= 15 is 0 Å². The van der Waals surface area contributed by atoms with Gasteiger partial charge in [-0.05, 0) is 38.0 Å². The highest BCUT2D eigenvalue weighted by Gasteiger charge is 2.23. The van der Waals surface area contributed by atoms with Gasteiger partial charge in [-0.2, -0.15) is 0 Å². The first-order valence-corrected chi connectivity index (χ1v) is 9.35. The molecule has 28 heavy (non-hydrogen) atoms. The number of nitrogens with one attached hydrogen (secondary N) is 2. The predicted octanol–water partition coefficient (Wildman–Crippen LogP) is 1.82. The molecule has 8 nitrogen and oxygen atoms in total. The predicted molar refractivity (Wildman–Crippen MR) is 104 cm³/mol. The fourth-order valence-corrected chi connectivity index (χ4v) is 2.63. The third-order valence-corrected chi connectivity index (χ3v) is 3.86. The van der Waals surface area contributed by atoms with E-state index < -0.39 is 29.9 Å². The van der Waals surface area contributed by atoms with Crippen molar-refractivity contribution in [3.05, 3.63) is 29.8 Å². The summed E-state index contributed by atoms with van der Waals surface area (Å²) in [6.45, 7) is 7.45. The molecule has 0 heterocycles. The topological polar surface area (TPSA) is 125 Å². The molecule has 0 spiro atoms. The van der Waals surface area contributed by atoms with E-state index in [9.17, 15) is 24.6 Å². The molecule has 0 bridgehead atoms. The van der Waals surface area contributed by atoms with Crippen molar-refractivity contribution in [1.82, 2.24) is 10.6 Å². The Hall–Kier alpha value is -2.61. The van der Waals surface area contributed by atoms with E-state index in [4.69, 9.17) is 4.74 Å². The Morgan fingerprint density at radius 2 is 1.54 bits per heavy atom. The highest BCUT2D eigenvalue weighted by atomic mass is 16.5. The Labute approximate surface area is 165 Å². The Bertz CT molecular complexity index is 657. The first-order valence-electron chi connectivity index (χ1n) is 9.35. The molecule has 1 aromatic carbocycles. The van der Waals surface area contributed by atoms with Crippen LogP contribution in [0.3, 0.4) is 0 Å². The van der Waals surface area contributed by atoms with Crippen molar-refractivity contribution in [2.75, 3.05) is 0 Å². The number of ether oxygens (including phenoxy) is 1. The van der Waals surface area contributed by atoms with Crippen molar-refractivity contribution < 1.29 is 29.3 Å². The number of amides is 1. The van der Waals surface area contributed by atoms with E-state index in [0.29, 0.717) is 5.75 Å². The van der Waals surface area contributed by atoms with Crippen molar-refractivity contribution in [2.24, 2.45) is 0 Å². The molecule has 0 aromatic heterocycles. The van der Waals surface area contributed by atoms with E-state index in [0.717, 1.165) is 5.56 Å². The smallest absolute Gasteiger partial charge is 0.326 e. The van der Waals surface area contributed by atoms with Crippen LogP contribution in [0.25, 0.3) is 0 Å². The van der Waals surface area contributed by atoms with E-state index in [1.165, 1.54) is 0 Å². The average molecular weight is 394 g/mol. The van der Waals surface area contributed by atoms with E-state index in [1.807, 2.05) is 27.7 Å². The molecular formula is C20H30N2O6. The van der Waals surface area contributed by atoms with Crippen LogP contribution in [-0.2, 0) is 20.8 Å². The van der Waals surface area contributed by atoms with Crippen LogP contribution in [0.15, 0.2) is 24.3 Å². The fraction of sp³-hybridized carbons (Fsp3) is 0.550. The number of carboxylic acids is 2. The Morgan fingerprint density at radius 1 is 0.964 bits per heavy atom. The Balaban J connectivity index is 2.63. The average Bonchev–Trinajstić information content (AvgIpc) is 2.58. The summed E-state index contributed by atoms with van der Waals surface area (Å²) >= 11 is 0. The zero-order valence-electron chi connectivity index (χ0n) is 16.8. The molecule has 0 fully saturated rings. The number of aliphatic carboxylic acids is 2. The van der Waals surface area contributed by atoms with Crippen LogP contribution in [0.5, 0.6) is 5.75 Å². The van der Waals surface area contributed by atoms with Gasteiger partial charge in [-0.25, -0.2) is 4.79 Å². The number of carbonyl (C=O) groups excluding carboxylic acids is 1. The molecule has 2 atom stereocenters. The number of carbonyl (C=O) groups is 3. The lowest BCUT2D eigenvalue weighted by atomic mass is 10.0. The van der Waals surface area contributed by atoms with Crippen molar-refractivity contribution in [2.45, 2.75) is 71.2 Å². The van der Waals surface area contributed by atoms with Gasteiger partial charge in [0.25, 0.3) is 0 Å². The third-order valence-electron chi connectivity index (χ3n) is 3.86. The van der Waals surface area contributed by atoms with Gasteiger partial charge < -0.3 is 25.6 Å². The first kappa shape index (κ1) is 23.4. The van der Waals surface area contributed by atoms with Gasteiger partial charge in [-0.15, -0.1) is 0 Å². The van der Waals surface area contributed by atoms with Crippen LogP contribution in [0.2, 0.25) is 0 Å². The van der Waals surface area contributed by atoms with Crippen molar-refractivity contribution in [3.8, 4) is 5.75 Å². The summed E-state index contributed by atoms with van der Waals surface area (Å²) in [5.74, 6) is -2.00. The largest absolute Gasteiger partial charge is 0.491 e. The summed E-state index contributed by atoms with van der Waals surface area (Å²) < 4.78 is 5.55. The van der Waals surface area contributed by atoms with Gasteiger partial charge in [0.2, 0.25) is 5.91 Å². The standard InChI is InChI=1S/C20H30N2O6/c1-12(2)21-16(19(24)25)9-10-18(23)22-17(20(26)27)11-14-5-7-15(8-6-14)28-13(3)4/h5-8,12-13,16-17,21H,9-11H2,1-4H3,(H,22,23)(H,24,25)(H,26,27)/t16-,17+/m1/s1. The summed E-state index contributed by atoms with van der Waals surface area (Å²) in [4.78, 5) is 34.8. The summed E-state index contributed by atoms with van der Waals surface area (Å²) in [6.07, 6.45) is 0.154. The summed E-state index contributed by atoms with van der Waals surface area (Å²) in [5, 5.41) is 23.9. The zero-order valence-corrected chi connectivity index (χ0v) is 16.8. The van der Waals surface area contributed by atoms with Crippen LogP contribution in [0.4, 0.5) is 0 Å². The monoisotopic (exact) mass is 394 g/mol. The van der Waals surface area contributed by atoms with E-state index in [2.05, 4.69) is 10.6 Å². The van der Waals surface area contributed by atoms with Crippen LogP contribution in [0, 0.1) is 0 Å². The number of hydrogen-bond donors (Lipinski definition) is 4. The highest BCUT2D eigenvalue weighted by molar-refractivity contribution is 5.84. The Morgan fingerprint density at radius 3 is 2.00 bits per heavy atom. The summed E-state index contributed by atoms with van der Waals surface area (Å²) in [5.41, 5.74) is 0.744. The molecule has 0 radical (unpaired) electrons. The lowest BCUT2D eigenvalue weighted by Gasteiger charge is -2.18. The molecule has 0 aliphatic heterocycles. The van der Waals surface area contributed by atoms with E-state index in [1.54, 1.807) is 24.3 Å². The van der Waals surface area contributed by atoms with Crippen LogP contribution in [-0.4, -0.2) is 52.3 Å². The van der Waals surface area contributed by atoms with Crippen molar-refractivity contribution >= 4 is 17.8 Å². The molecule has 0 aliphatic rings. The molecular weight excluding hydrogens is 364 g/mol. The molecule has 1 amide bonds. The molecule has 0 saturated carbocycles. The van der Waals surface area contributed by atoms with Gasteiger partial charge >= 0.3 is 11.9 Å². The van der Waals surface area contributed by atoms with Crippen molar-refractivity contribution in [3.63, 3.8) is 0 Å². The summed E-state index contributed by atoms with van der Waals surface area (Å²) in [7, 11) is 0. The number of hydrogen-bond acceptors (Lipinski definition) is 5. The van der Waals surface area contributed by atoms with Gasteiger partial charge in [-0.1, -0.05) is 26.0 Å². The molecule has 156 valence electrons. The van der Waals surface area contributed by atoms with Gasteiger partial charge in [-0.3, -0.25) is 9.59 Å². The molecule has 0 aliphatic carbocycles. The minimum absolute atomic E-state index is 0.0386. The zero-order chi connectivity index (χ0) is 21.3. The fourth-order valence-electron chi connectivity index (χ4n) is 2.63. The lowest BCUT2D eigenvalue weighted by molar-refractivity contribution is -0.142. The second kappa shape index (κ2) is 11.3. The maximum atomic E-state index is 12.1. The normalized spacial score (nSPS) is 13.2. The molecule has 0 unspecified atom stereocenters. The SMILES string of the molecule is CC(C)N[C@H](CCC(=O)N[C@@H](Cc1ccc(OC(C)C)cc1)C(=O)O)C(=O)O. The molecule has 8 heteroatoms. The maximum Gasteiger partial charge on any atom is 0.326 e. The molecule has 1 aromatic rings. The van der Waals surface area contributed by atoms with Crippen LogP contribution in [0.1, 0.15) is 46.1 Å². The van der Waals surface area contributed by atoms with Crippen LogP contribution < -0.4 is 15.4 Å². The maximum absolute atomic E-state index is 12.1. The number of carboxylic acid groups (broad SMARTS) is 2. The highest BCUT2D eigenvalue weighted by Crippen LogP contribution is 2.15. The van der Waals surface area contributed by atoms with Crippen LogP contribution >= 0.6 is 0 Å². The molecule has 0 saturated heterocycles. The number of benzene rings is 1. The second-order valence-corrected chi connectivity index (χ2v) is 7.22. The quantitative estimate of drug-likeness (QED) is 0.426. The lowest BCUT2D eigenvalue weighted by Crippen LogP contribution is -2.44. The van der Waals surface area contributed by atoms with Gasteiger partial charge in [0, 0.05) is 18.9 Å². The van der Waals surface area contributed by atoms with E-state index in [-0.39, 0.29) is 31.4 Å². The van der Waals surface area contributed by atoms with Gasteiger partial charge in [0.1, 0.15) is 17.8 Å². The third kappa shape index (κ3) is 8.85. The van der Waals surface area contributed by atoms with Gasteiger partial charge in [0.15, 0.2) is 0 Å². The molecule has 4 N–H and O–H groups in total. The first-order chi connectivity index (χ1) is 13.1. The minimum Gasteiger partial charge on any atom is -0.491 e.